The van der Waals surface area contributed by atoms with E-state index in [1.165, 1.54) is 29.7 Å². The third-order valence-corrected chi connectivity index (χ3v) is 3.94. The first-order valence-electron chi connectivity index (χ1n) is 8.22. The van der Waals surface area contributed by atoms with Gasteiger partial charge in [-0.3, -0.25) is 19.7 Å². The van der Waals surface area contributed by atoms with Gasteiger partial charge in [-0.2, -0.15) is 0 Å². The molecule has 1 aliphatic heterocycles. The van der Waals surface area contributed by atoms with Crippen LogP contribution in [0.15, 0.2) is 59.8 Å². The maximum Gasteiger partial charge on any atom is 0.271 e. The Morgan fingerprint density at radius 1 is 1.32 bits per heavy atom. The molecule has 2 rings (SSSR count). The van der Waals surface area contributed by atoms with E-state index in [0.29, 0.717) is 6.54 Å². The number of carbonyl (C=O) groups excluding carboxylic acids is 1. The van der Waals surface area contributed by atoms with Crippen LogP contribution in [-0.4, -0.2) is 53.6 Å². The molecule has 1 unspecified atom stereocenters. The van der Waals surface area contributed by atoms with Crippen LogP contribution in [0.5, 0.6) is 0 Å². The van der Waals surface area contributed by atoms with E-state index in [1.54, 1.807) is 0 Å². The summed E-state index contributed by atoms with van der Waals surface area (Å²) in [6.07, 6.45) is 4.21. The van der Waals surface area contributed by atoms with Crippen LogP contribution in [0, 0.1) is 0 Å². The van der Waals surface area contributed by atoms with Crippen molar-refractivity contribution in [1.82, 2.24) is 10.2 Å². The molecule has 1 aromatic carbocycles. The second-order valence-corrected chi connectivity index (χ2v) is 5.78. The number of hydrogen-bond acceptors (Lipinski definition) is 5. The summed E-state index contributed by atoms with van der Waals surface area (Å²) in [4.78, 5) is 21.9. The molecule has 0 saturated heterocycles. The monoisotopic (exact) mass is 340 g/mol. The molecule has 2 N–H and O–H groups in total. The summed E-state index contributed by atoms with van der Waals surface area (Å²) in [6, 6.07) is 8.35. The Hall–Kier alpha value is -2.57. The molecule has 25 heavy (non-hydrogen) atoms. The second-order valence-electron chi connectivity index (χ2n) is 5.78. The molecule has 6 nitrogen and oxygen atoms in total. The van der Waals surface area contributed by atoms with E-state index in [1.807, 2.05) is 6.07 Å². The van der Waals surface area contributed by atoms with Gasteiger partial charge in [0.25, 0.3) is 5.91 Å². The van der Waals surface area contributed by atoms with Crippen molar-refractivity contribution in [2.24, 2.45) is 9.98 Å². The molecule has 0 fully saturated rings. The van der Waals surface area contributed by atoms with Gasteiger partial charge >= 0.3 is 0 Å². The van der Waals surface area contributed by atoms with Crippen molar-refractivity contribution < 1.29 is 9.90 Å². The minimum Gasteiger partial charge on any atom is -0.390 e. The van der Waals surface area contributed by atoms with Crippen molar-refractivity contribution >= 4 is 17.8 Å². The largest absolute Gasteiger partial charge is 0.390 e. The lowest BCUT2D eigenvalue weighted by Crippen LogP contribution is -2.43. The third-order valence-electron chi connectivity index (χ3n) is 3.94. The van der Waals surface area contributed by atoms with Gasteiger partial charge in [0.2, 0.25) is 0 Å². The standard InChI is InChI=1S/C19H24N4O2/c1-3-20-12-18(21-4-2)19(25)22-11-17(24)14-23-10-9-15-7-5-6-8-16(15)13-23/h3-8,12,17,24H,1-2,9-11,13-14H2,(H,22,25)/b20-12-,21-18+. The molecule has 1 aliphatic rings. The van der Waals surface area contributed by atoms with Crippen LogP contribution in [0.4, 0.5) is 0 Å². The van der Waals surface area contributed by atoms with Crippen molar-refractivity contribution in [3.8, 4) is 0 Å². The molecule has 0 saturated carbocycles. The first-order valence-corrected chi connectivity index (χ1v) is 8.22. The number of β-amino-alcohol motifs (C(OH)–C–C–N with tert-alkyl or cyclic N) is 1. The Bertz CT molecular complexity index is 682. The van der Waals surface area contributed by atoms with Crippen molar-refractivity contribution in [3.05, 3.63) is 61.0 Å². The van der Waals surface area contributed by atoms with E-state index >= 15 is 0 Å². The summed E-state index contributed by atoms with van der Waals surface area (Å²) in [5.41, 5.74) is 2.79. The molecule has 0 spiro atoms. The summed E-state index contributed by atoms with van der Waals surface area (Å²) >= 11 is 0. The summed E-state index contributed by atoms with van der Waals surface area (Å²) in [7, 11) is 0. The van der Waals surface area contributed by atoms with E-state index in [2.05, 4.69) is 51.6 Å². The molecule has 0 aliphatic carbocycles. The molecular weight excluding hydrogens is 316 g/mol. The fourth-order valence-electron chi connectivity index (χ4n) is 2.75. The Morgan fingerprint density at radius 3 is 2.80 bits per heavy atom. The van der Waals surface area contributed by atoms with E-state index in [-0.39, 0.29) is 12.3 Å². The van der Waals surface area contributed by atoms with Crippen LogP contribution in [0.2, 0.25) is 0 Å². The smallest absolute Gasteiger partial charge is 0.271 e. The summed E-state index contributed by atoms with van der Waals surface area (Å²) < 4.78 is 0. The topological polar surface area (TPSA) is 77.3 Å². The molecule has 1 atom stereocenters. The molecule has 1 heterocycles. The van der Waals surface area contributed by atoms with E-state index < -0.39 is 12.0 Å². The Labute approximate surface area is 148 Å². The molecule has 0 aromatic heterocycles. The Kier molecular flexibility index (Phi) is 7.25. The number of benzene rings is 1. The zero-order valence-corrected chi connectivity index (χ0v) is 14.3. The van der Waals surface area contributed by atoms with Crippen molar-refractivity contribution in [3.63, 3.8) is 0 Å². The first kappa shape index (κ1) is 18.8. The molecule has 1 amide bonds. The van der Waals surface area contributed by atoms with Gasteiger partial charge in [0.15, 0.2) is 0 Å². The minimum atomic E-state index is -0.657. The number of nitrogens with zero attached hydrogens (tertiary/aromatic N) is 3. The van der Waals surface area contributed by atoms with Gasteiger partial charge in [0.05, 0.1) is 12.3 Å². The zero-order valence-electron chi connectivity index (χ0n) is 14.3. The van der Waals surface area contributed by atoms with E-state index in [0.717, 1.165) is 19.5 Å². The fourth-order valence-corrected chi connectivity index (χ4v) is 2.75. The third kappa shape index (κ3) is 5.77. The minimum absolute atomic E-state index is 0.119. The number of amides is 1. The number of nitrogens with one attached hydrogen (secondary N) is 1. The number of aliphatic imine (C=N–C) groups is 2. The van der Waals surface area contributed by atoms with Crippen LogP contribution in [0.25, 0.3) is 0 Å². The van der Waals surface area contributed by atoms with E-state index in [9.17, 15) is 9.90 Å². The predicted octanol–water partition coefficient (Wildman–Crippen LogP) is 1.32. The lowest BCUT2D eigenvalue weighted by Gasteiger charge is -2.30. The van der Waals surface area contributed by atoms with Gasteiger partial charge in [-0.25, -0.2) is 0 Å². The SMILES string of the molecule is C=C/N=C\C(=N/C=C)C(=O)NCC(O)CN1CCc2ccccc2C1. The molecule has 132 valence electrons. The number of rotatable bonds is 8. The summed E-state index contributed by atoms with van der Waals surface area (Å²) in [5, 5.41) is 12.9. The lowest BCUT2D eigenvalue weighted by atomic mass is 10.00. The van der Waals surface area contributed by atoms with Crippen LogP contribution in [-0.2, 0) is 17.8 Å². The van der Waals surface area contributed by atoms with Crippen molar-refractivity contribution in [2.45, 2.75) is 19.1 Å². The number of carbonyl (C=O) groups is 1. The maximum atomic E-state index is 12.1. The average Bonchev–Trinajstić information content (AvgIpc) is 2.63. The van der Waals surface area contributed by atoms with Crippen LogP contribution in [0.3, 0.4) is 0 Å². The van der Waals surface area contributed by atoms with E-state index in [4.69, 9.17) is 0 Å². The molecule has 0 bridgehead atoms. The number of hydrogen-bond donors (Lipinski definition) is 2. The highest BCUT2D eigenvalue weighted by atomic mass is 16.3. The maximum absolute atomic E-state index is 12.1. The molecule has 6 heteroatoms. The van der Waals surface area contributed by atoms with Crippen molar-refractivity contribution in [1.29, 1.82) is 0 Å². The highest BCUT2D eigenvalue weighted by Gasteiger charge is 2.19. The highest BCUT2D eigenvalue weighted by Crippen LogP contribution is 2.18. The predicted molar refractivity (Wildman–Crippen MR) is 101 cm³/mol. The average molecular weight is 340 g/mol. The highest BCUT2D eigenvalue weighted by molar-refractivity contribution is 6.60. The number of aliphatic hydroxyl groups excluding tert-OH is 1. The van der Waals surface area contributed by atoms with Crippen LogP contribution in [0.1, 0.15) is 11.1 Å². The normalized spacial score (nSPS) is 16.3. The molecular formula is C19H24N4O2. The zero-order chi connectivity index (χ0) is 18.1. The van der Waals surface area contributed by atoms with Gasteiger partial charge in [-0.15, -0.1) is 0 Å². The quantitative estimate of drug-likeness (QED) is 0.701. The number of aliphatic hydroxyl groups is 1. The Balaban J connectivity index is 1.82. The van der Waals surface area contributed by atoms with Gasteiger partial charge < -0.3 is 10.4 Å². The molecule has 1 aromatic rings. The lowest BCUT2D eigenvalue weighted by molar-refractivity contribution is -0.115. The van der Waals surface area contributed by atoms with Gasteiger partial charge in [0.1, 0.15) is 5.71 Å². The summed E-state index contributed by atoms with van der Waals surface area (Å²) in [5.74, 6) is -0.409. The molecule has 0 radical (unpaired) electrons. The second kappa shape index (κ2) is 9.66. The van der Waals surface area contributed by atoms with Gasteiger partial charge in [0, 0.05) is 38.6 Å². The van der Waals surface area contributed by atoms with Crippen LogP contribution >= 0.6 is 0 Å². The summed E-state index contributed by atoms with van der Waals surface area (Å²) in [6.45, 7) is 9.29. The van der Waals surface area contributed by atoms with Gasteiger partial charge in [-0.05, 0) is 17.5 Å². The first-order chi connectivity index (χ1) is 12.1. The van der Waals surface area contributed by atoms with Crippen molar-refractivity contribution in [2.75, 3.05) is 19.6 Å². The van der Waals surface area contributed by atoms with Gasteiger partial charge in [-0.1, -0.05) is 37.4 Å². The fraction of sp³-hybridized carbons (Fsp3) is 0.316. The number of fused-ring (bicyclic) bond motifs is 1. The van der Waals surface area contributed by atoms with Crippen LogP contribution < -0.4 is 5.32 Å². The Morgan fingerprint density at radius 2 is 2.08 bits per heavy atom.